The molecule has 2 saturated heterocycles. The van der Waals surface area contributed by atoms with Crippen molar-refractivity contribution in [1.29, 1.82) is 5.26 Å². The van der Waals surface area contributed by atoms with Gasteiger partial charge in [0.05, 0.1) is 17.4 Å². The van der Waals surface area contributed by atoms with Gasteiger partial charge in [-0.15, -0.1) is 0 Å². The highest BCUT2D eigenvalue weighted by molar-refractivity contribution is 8.26. The maximum atomic E-state index is 12.9. The molecule has 0 aromatic carbocycles. The molecule has 0 radical (unpaired) electrons. The van der Waals surface area contributed by atoms with E-state index in [4.69, 9.17) is 22.1 Å². The predicted octanol–water partition coefficient (Wildman–Crippen LogP) is 1.63. The van der Waals surface area contributed by atoms with E-state index >= 15 is 0 Å². The van der Waals surface area contributed by atoms with Crippen LogP contribution in [0.5, 0.6) is 0 Å². The number of aliphatic carboxylic acids is 1. The van der Waals surface area contributed by atoms with Crippen molar-refractivity contribution in [3.8, 4) is 6.07 Å². The Kier molecular flexibility index (Phi) is 7.78. The molecule has 10 nitrogen and oxygen atoms in total. The zero-order valence-corrected chi connectivity index (χ0v) is 20.6. The Morgan fingerprint density at radius 2 is 2.09 bits per heavy atom. The highest BCUT2D eigenvalue weighted by Gasteiger charge is 2.35. The third kappa shape index (κ3) is 4.85. The SMILES string of the molecule is CCOC(=O)C1CCCN(c2c(/C=C3\SC(=S)N(CC(=O)O)C3=O)c(C)c(C#N)c(=O)n2C)C1. The fourth-order valence-corrected chi connectivity index (χ4v) is 5.36. The molecule has 1 N–H and O–H groups in total. The number of anilines is 1. The summed E-state index contributed by atoms with van der Waals surface area (Å²) >= 11 is 6.14. The standard InChI is InChI=1S/C22H24N4O6S2/c1-4-32-21(31)13-6-5-7-25(10-13)18-14(12(2)15(9-23)19(29)24(18)3)8-16-20(30)26(11-17(27)28)22(33)34-16/h8,13H,4-7,10-11H2,1-3H3,(H,27,28)/b16-8-. The van der Waals surface area contributed by atoms with E-state index in [9.17, 15) is 24.4 Å². The maximum absolute atomic E-state index is 12.9. The molecular formula is C22H24N4O6S2. The van der Waals surface area contributed by atoms with Crippen molar-refractivity contribution in [3.05, 3.63) is 31.9 Å². The number of piperidine rings is 1. The monoisotopic (exact) mass is 504 g/mol. The van der Waals surface area contributed by atoms with Crippen LogP contribution in [0.25, 0.3) is 6.08 Å². The summed E-state index contributed by atoms with van der Waals surface area (Å²) in [6, 6.07) is 1.94. The van der Waals surface area contributed by atoms with Gasteiger partial charge in [0.1, 0.15) is 28.3 Å². The van der Waals surface area contributed by atoms with Crippen LogP contribution in [0.2, 0.25) is 0 Å². The minimum atomic E-state index is -1.19. The van der Waals surface area contributed by atoms with Gasteiger partial charge in [0.2, 0.25) is 0 Å². The second-order valence-corrected chi connectivity index (χ2v) is 9.59. The average Bonchev–Trinajstić information content (AvgIpc) is 3.05. The summed E-state index contributed by atoms with van der Waals surface area (Å²) in [5.74, 6) is -1.96. The molecule has 2 aliphatic rings. The van der Waals surface area contributed by atoms with Crippen LogP contribution >= 0.6 is 24.0 Å². The first kappa shape index (κ1) is 25.5. The van der Waals surface area contributed by atoms with E-state index in [2.05, 4.69) is 0 Å². The van der Waals surface area contributed by atoms with Crippen LogP contribution in [-0.2, 0) is 26.2 Å². The number of carboxylic acid groups (broad SMARTS) is 1. The van der Waals surface area contributed by atoms with Crippen molar-refractivity contribution < 1.29 is 24.2 Å². The first-order valence-corrected chi connectivity index (χ1v) is 11.9. The summed E-state index contributed by atoms with van der Waals surface area (Å²) in [6.07, 6.45) is 2.89. The third-order valence-electron chi connectivity index (χ3n) is 5.75. The molecule has 12 heteroatoms. The van der Waals surface area contributed by atoms with Gasteiger partial charge in [-0.1, -0.05) is 24.0 Å². The molecule has 2 aliphatic heterocycles. The second kappa shape index (κ2) is 10.4. The Balaban J connectivity index is 2.13. The van der Waals surface area contributed by atoms with Crippen LogP contribution in [0, 0.1) is 24.2 Å². The Bertz CT molecular complexity index is 1200. The van der Waals surface area contributed by atoms with E-state index in [1.54, 1.807) is 27.0 Å². The molecule has 0 bridgehead atoms. The molecule has 180 valence electrons. The highest BCUT2D eigenvalue weighted by atomic mass is 32.2. The molecule has 3 rings (SSSR count). The number of carboxylic acids is 1. The highest BCUT2D eigenvalue weighted by Crippen LogP contribution is 2.36. The second-order valence-electron chi connectivity index (χ2n) is 7.91. The maximum Gasteiger partial charge on any atom is 0.323 e. The number of hydrogen-bond acceptors (Lipinski definition) is 9. The van der Waals surface area contributed by atoms with Gasteiger partial charge in [0.15, 0.2) is 0 Å². The van der Waals surface area contributed by atoms with Crippen molar-refractivity contribution in [2.75, 3.05) is 31.1 Å². The number of carbonyl (C=O) groups is 3. The number of nitrogens with zero attached hydrogens (tertiary/aromatic N) is 4. The van der Waals surface area contributed by atoms with E-state index in [1.165, 1.54) is 4.57 Å². The molecule has 1 amide bonds. The number of amides is 1. The number of thiocarbonyl (C=S) groups is 1. The summed E-state index contributed by atoms with van der Waals surface area (Å²) in [5.41, 5.74) is 0.322. The zero-order valence-electron chi connectivity index (χ0n) is 19.0. The fraction of sp³-hybridized carbons (Fsp3) is 0.455. The van der Waals surface area contributed by atoms with Crippen LogP contribution in [-0.4, -0.2) is 63.0 Å². The number of nitriles is 1. The van der Waals surface area contributed by atoms with E-state index in [0.29, 0.717) is 42.9 Å². The van der Waals surface area contributed by atoms with Gasteiger partial charge in [-0.05, 0) is 38.3 Å². The molecule has 0 spiro atoms. The summed E-state index contributed by atoms with van der Waals surface area (Å²) in [6.45, 7) is 3.96. The molecule has 1 aromatic heterocycles. The first-order valence-electron chi connectivity index (χ1n) is 10.6. The van der Waals surface area contributed by atoms with Crippen LogP contribution in [0.15, 0.2) is 9.70 Å². The average molecular weight is 505 g/mol. The third-order valence-corrected chi connectivity index (χ3v) is 7.13. The largest absolute Gasteiger partial charge is 0.480 e. The van der Waals surface area contributed by atoms with E-state index in [0.717, 1.165) is 16.7 Å². The Morgan fingerprint density at radius 3 is 2.71 bits per heavy atom. The number of esters is 1. The van der Waals surface area contributed by atoms with Gasteiger partial charge < -0.3 is 14.7 Å². The molecular weight excluding hydrogens is 480 g/mol. The van der Waals surface area contributed by atoms with E-state index in [-0.39, 0.29) is 33.3 Å². The lowest BCUT2D eigenvalue weighted by Crippen LogP contribution is -2.42. The molecule has 3 heterocycles. The summed E-state index contributed by atoms with van der Waals surface area (Å²) in [7, 11) is 1.54. The minimum Gasteiger partial charge on any atom is -0.480 e. The Labute approximate surface area is 205 Å². The quantitative estimate of drug-likeness (QED) is 0.346. The smallest absolute Gasteiger partial charge is 0.323 e. The summed E-state index contributed by atoms with van der Waals surface area (Å²) < 4.78 is 6.65. The fourth-order valence-electron chi connectivity index (χ4n) is 4.12. The van der Waals surface area contributed by atoms with Crippen LogP contribution in [0.1, 0.15) is 36.5 Å². The number of ether oxygens (including phenoxy) is 1. The number of aromatic nitrogens is 1. The Hall–Kier alpha value is -3.17. The van der Waals surface area contributed by atoms with Crippen molar-refractivity contribution in [1.82, 2.24) is 9.47 Å². The van der Waals surface area contributed by atoms with Crippen LogP contribution in [0.4, 0.5) is 5.82 Å². The van der Waals surface area contributed by atoms with Crippen molar-refractivity contribution in [2.45, 2.75) is 26.7 Å². The number of hydrogen-bond donors (Lipinski definition) is 1. The van der Waals surface area contributed by atoms with Crippen molar-refractivity contribution in [3.63, 3.8) is 0 Å². The first-order chi connectivity index (χ1) is 16.1. The van der Waals surface area contributed by atoms with Gasteiger partial charge >= 0.3 is 11.9 Å². The number of thioether (sulfide) groups is 1. The van der Waals surface area contributed by atoms with Gasteiger partial charge in [0, 0.05) is 25.7 Å². The summed E-state index contributed by atoms with van der Waals surface area (Å²) in [5, 5.41) is 18.7. The zero-order chi connectivity index (χ0) is 25.2. The number of pyridine rings is 1. The van der Waals surface area contributed by atoms with Gasteiger partial charge in [0.25, 0.3) is 11.5 Å². The number of carbonyl (C=O) groups excluding carboxylic acids is 2. The van der Waals surface area contributed by atoms with Crippen LogP contribution < -0.4 is 10.5 Å². The number of rotatable bonds is 6. The Morgan fingerprint density at radius 1 is 1.38 bits per heavy atom. The van der Waals surface area contributed by atoms with E-state index in [1.807, 2.05) is 11.0 Å². The topological polar surface area (TPSA) is 133 Å². The minimum absolute atomic E-state index is 0.0579. The van der Waals surface area contributed by atoms with Gasteiger partial charge in [-0.2, -0.15) is 5.26 Å². The molecule has 34 heavy (non-hydrogen) atoms. The molecule has 0 aliphatic carbocycles. The van der Waals surface area contributed by atoms with Crippen molar-refractivity contribution >= 4 is 58.0 Å². The molecule has 1 aromatic rings. The summed E-state index contributed by atoms with van der Waals surface area (Å²) in [4.78, 5) is 52.3. The normalized spacial score (nSPS) is 19.5. The lowest BCUT2D eigenvalue weighted by molar-refractivity contribution is -0.148. The predicted molar refractivity (Wildman–Crippen MR) is 130 cm³/mol. The van der Waals surface area contributed by atoms with Crippen molar-refractivity contribution in [2.24, 2.45) is 13.0 Å². The van der Waals surface area contributed by atoms with Gasteiger partial charge in [-0.25, -0.2) is 0 Å². The molecule has 2 fully saturated rings. The van der Waals surface area contributed by atoms with E-state index < -0.39 is 24.0 Å². The molecule has 0 saturated carbocycles. The molecule has 1 atom stereocenters. The lowest BCUT2D eigenvalue weighted by Gasteiger charge is -2.35. The lowest BCUT2D eigenvalue weighted by atomic mass is 9.96. The van der Waals surface area contributed by atoms with Crippen LogP contribution in [0.3, 0.4) is 0 Å². The molecule has 1 unspecified atom stereocenters. The van der Waals surface area contributed by atoms with Gasteiger partial charge in [-0.3, -0.25) is 28.6 Å².